The maximum atomic E-state index is 12.7. The van der Waals surface area contributed by atoms with Crippen LogP contribution in [-0.2, 0) is 27.4 Å². The summed E-state index contributed by atoms with van der Waals surface area (Å²) < 4.78 is 15.8. The number of methoxy groups -OCH3 is 1. The van der Waals surface area contributed by atoms with Gasteiger partial charge in [-0.2, -0.15) is 4.98 Å². The summed E-state index contributed by atoms with van der Waals surface area (Å²) in [7, 11) is 1.60. The molecule has 1 aromatic rings. The van der Waals surface area contributed by atoms with Crippen LogP contribution in [0.15, 0.2) is 4.52 Å². The molecule has 0 unspecified atom stereocenters. The first kappa shape index (κ1) is 17.3. The summed E-state index contributed by atoms with van der Waals surface area (Å²) in [5, 5.41) is 3.87. The number of ether oxygens (including phenoxy) is 2. The molecule has 0 N–H and O–H groups in total. The Morgan fingerprint density at radius 2 is 2.12 bits per heavy atom. The third-order valence-electron chi connectivity index (χ3n) is 4.75. The molecule has 24 heavy (non-hydrogen) atoms. The number of hydrogen-bond donors (Lipinski definition) is 0. The van der Waals surface area contributed by atoms with Gasteiger partial charge in [0.2, 0.25) is 11.8 Å². The lowest BCUT2D eigenvalue weighted by atomic mass is 9.93. The van der Waals surface area contributed by atoms with E-state index in [4.69, 9.17) is 14.0 Å². The van der Waals surface area contributed by atoms with E-state index in [1.54, 1.807) is 7.11 Å². The van der Waals surface area contributed by atoms with E-state index in [1.807, 2.05) is 11.8 Å². The number of piperazine rings is 1. The molecule has 2 atom stereocenters. The zero-order valence-corrected chi connectivity index (χ0v) is 14.4. The minimum absolute atomic E-state index is 0.0119. The van der Waals surface area contributed by atoms with Gasteiger partial charge in [0.1, 0.15) is 6.61 Å². The van der Waals surface area contributed by atoms with Crippen molar-refractivity contribution in [2.24, 2.45) is 5.92 Å². The number of nitrogens with zero attached hydrogens (tertiary/aromatic N) is 4. The summed E-state index contributed by atoms with van der Waals surface area (Å²) >= 11 is 0. The molecule has 0 bridgehead atoms. The standard InChI is InChI=1S/C16H26N4O4/c1-12-13(4-3-9-23-12)16(21)20-7-5-19(6-8-20)10-15-17-14(11-22-2)18-24-15/h12-13H,3-11H2,1-2H3/t12-,13-/m1/s1. The van der Waals surface area contributed by atoms with Crippen molar-refractivity contribution in [1.82, 2.24) is 19.9 Å². The Balaban J connectivity index is 1.47. The number of aromatic nitrogens is 2. The summed E-state index contributed by atoms with van der Waals surface area (Å²) in [5.74, 6) is 1.41. The van der Waals surface area contributed by atoms with Crippen molar-refractivity contribution in [3.63, 3.8) is 0 Å². The van der Waals surface area contributed by atoms with Crippen molar-refractivity contribution < 1.29 is 18.8 Å². The first-order chi connectivity index (χ1) is 11.7. The second kappa shape index (κ2) is 8.04. The van der Waals surface area contributed by atoms with Gasteiger partial charge in [-0.3, -0.25) is 9.69 Å². The molecule has 3 heterocycles. The van der Waals surface area contributed by atoms with Gasteiger partial charge in [-0.1, -0.05) is 5.16 Å². The average Bonchev–Trinajstić information content (AvgIpc) is 3.03. The molecule has 2 fully saturated rings. The third kappa shape index (κ3) is 4.12. The first-order valence-electron chi connectivity index (χ1n) is 8.60. The number of amides is 1. The van der Waals surface area contributed by atoms with E-state index in [2.05, 4.69) is 15.0 Å². The minimum atomic E-state index is 0.0119. The molecule has 1 aromatic heterocycles. The van der Waals surface area contributed by atoms with Crippen LogP contribution in [0.5, 0.6) is 0 Å². The second-order valence-electron chi connectivity index (χ2n) is 6.46. The molecule has 0 aliphatic carbocycles. The largest absolute Gasteiger partial charge is 0.378 e. The molecule has 2 aliphatic rings. The van der Waals surface area contributed by atoms with Gasteiger partial charge in [0.05, 0.1) is 18.6 Å². The van der Waals surface area contributed by atoms with E-state index in [-0.39, 0.29) is 17.9 Å². The van der Waals surface area contributed by atoms with Crippen molar-refractivity contribution in [3.05, 3.63) is 11.7 Å². The lowest BCUT2D eigenvalue weighted by Gasteiger charge is -2.38. The Kier molecular flexibility index (Phi) is 5.80. The maximum absolute atomic E-state index is 12.7. The molecule has 0 spiro atoms. The predicted octanol–water partition coefficient (Wildman–Crippen LogP) is 0.675. The lowest BCUT2D eigenvalue weighted by Crippen LogP contribution is -2.52. The molecule has 8 heteroatoms. The molecule has 0 radical (unpaired) electrons. The molecule has 2 saturated heterocycles. The molecule has 8 nitrogen and oxygen atoms in total. The molecule has 3 rings (SSSR count). The molecule has 2 aliphatic heterocycles. The SMILES string of the molecule is COCc1noc(CN2CCN(C(=O)[C@@H]3CCCO[C@@H]3C)CC2)n1. The number of rotatable bonds is 5. The normalized spacial score (nSPS) is 25.8. The number of carbonyl (C=O) groups excluding carboxylic acids is 1. The average molecular weight is 338 g/mol. The smallest absolute Gasteiger partial charge is 0.240 e. The fourth-order valence-electron chi connectivity index (χ4n) is 3.34. The van der Waals surface area contributed by atoms with Gasteiger partial charge in [0.25, 0.3) is 0 Å². The Morgan fingerprint density at radius 3 is 2.83 bits per heavy atom. The molecular formula is C16H26N4O4. The Morgan fingerprint density at radius 1 is 1.33 bits per heavy atom. The van der Waals surface area contributed by atoms with Crippen LogP contribution in [0.25, 0.3) is 0 Å². The molecule has 0 saturated carbocycles. The molecule has 1 amide bonds. The van der Waals surface area contributed by atoms with Crippen LogP contribution in [0.3, 0.4) is 0 Å². The summed E-state index contributed by atoms with van der Waals surface area (Å²) in [6, 6.07) is 0. The molecule has 134 valence electrons. The highest BCUT2D eigenvalue weighted by Gasteiger charge is 2.33. The Labute approximate surface area is 142 Å². The number of hydrogen-bond acceptors (Lipinski definition) is 7. The zero-order chi connectivity index (χ0) is 16.9. The zero-order valence-electron chi connectivity index (χ0n) is 14.4. The first-order valence-corrected chi connectivity index (χ1v) is 8.60. The van der Waals surface area contributed by atoms with Crippen LogP contribution < -0.4 is 0 Å². The van der Waals surface area contributed by atoms with Crippen molar-refractivity contribution >= 4 is 5.91 Å². The summed E-state index contributed by atoms with van der Waals surface area (Å²) in [4.78, 5) is 21.2. The molecular weight excluding hydrogens is 312 g/mol. The van der Waals surface area contributed by atoms with Crippen LogP contribution in [0.1, 0.15) is 31.5 Å². The van der Waals surface area contributed by atoms with E-state index in [0.29, 0.717) is 24.9 Å². The van der Waals surface area contributed by atoms with Crippen LogP contribution in [0.2, 0.25) is 0 Å². The van der Waals surface area contributed by atoms with Crippen LogP contribution in [0.4, 0.5) is 0 Å². The lowest BCUT2D eigenvalue weighted by molar-refractivity contribution is -0.145. The summed E-state index contributed by atoms with van der Waals surface area (Å²) in [5.41, 5.74) is 0. The topological polar surface area (TPSA) is 80.9 Å². The fourth-order valence-corrected chi connectivity index (χ4v) is 3.34. The van der Waals surface area contributed by atoms with Crippen LogP contribution >= 0.6 is 0 Å². The predicted molar refractivity (Wildman–Crippen MR) is 85.0 cm³/mol. The van der Waals surface area contributed by atoms with E-state index < -0.39 is 0 Å². The van der Waals surface area contributed by atoms with Crippen LogP contribution in [-0.4, -0.2) is 71.8 Å². The third-order valence-corrected chi connectivity index (χ3v) is 4.75. The van der Waals surface area contributed by atoms with Gasteiger partial charge in [0.15, 0.2) is 5.82 Å². The van der Waals surface area contributed by atoms with Gasteiger partial charge in [-0.15, -0.1) is 0 Å². The highest BCUT2D eigenvalue weighted by Crippen LogP contribution is 2.23. The highest BCUT2D eigenvalue weighted by atomic mass is 16.5. The Bertz CT molecular complexity index is 542. The summed E-state index contributed by atoms with van der Waals surface area (Å²) in [6.45, 7) is 6.85. The quantitative estimate of drug-likeness (QED) is 0.781. The maximum Gasteiger partial charge on any atom is 0.240 e. The highest BCUT2D eigenvalue weighted by molar-refractivity contribution is 5.79. The van der Waals surface area contributed by atoms with Crippen molar-refractivity contribution in [1.29, 1.82) is 0 Å². The van der Waals surface area contributed by atoms with Crippen molar-refractivity contribution in [3.8, 4) is 0 Å². The van der Waals surface area contributed by atoms with E-state index in [0.717, 1.165) is 45.6 Å². The number of carbonyl (C=O) groups is 1. The van der Waals surface area contributed by atoms with E-state index in [1.165, 1.54) is 0 Å². The minimum Gasteiger partial charge on any atom is -0.378 e. The van der Waals surface area contributed by atoms with Crippen molar-refractivity contribution in [2.45, 2.75) is 39.0 Å². The van der Waals surface area contributed by atoms with Gasteiger partial charge < -0.3 is 18.9 Å². The molecule has 0 aromatic carbocycles. The van der Waals surface area contributed by atoms with Gasteiger partial charge >= 0.3 is 0 Å². The van der Waals surface area contributed by atoms with Gasteiger partial charge in [-0.05, 0) is 19.8 Å². The fraction of sp³-hybridized carbons (Fsp3) is 0.812. The van der Waals surface area contributed by atoms with Gasteiger partial charge in [-0.25, -0.2) is 0 Å². The van der Waals surface area contributed by atoms with Gasteiger partial charge in [0, 0.05) is 39.9 Å². The Hall–Kier alpha value is -1.51. The van der Waals surface area contributed by atoms with E-state index in [9.17, 15) is 4.79 Å². The second-order valence-corrected chi connectivity index (χ2v) is 6.46. The van der Waals surface area contributed by atoms with Crippen molar-refractivity contribution in [2.75, 3.05) is 39.9 Å². The van der Waals surface area contributed by atoms with E-state index >= 15 is 0 Å². The monoisotopic (exact) mass is 338 g/mol. The van der Waals surface area contributed by atoms with Crippen LogP contribution in [0, 0.1) is 5.92 Å². The summed E-state index contributed by atoms with van der Waals surface area (Å²) in [6.07, 6.45) is 1.94.